The Hall–Kier alpha value is -3.94. The third-order valence-corrected chi connectivity index (χ3v) is 4.02. The van der Waals surface area contributed by atoms with Crippen LogP contribution in [0.1, 0.15) is 12.5 Å². The number of nitro groups is 1. The minimum absolute atomic E-state index is 0.108. The van der Waals surface area contributed by atoms with Gasteiger partial charge in [0.05, 0.1) is 11.1 Å². The number of aromatic hydroxyl groups is 1. The van der Waals surface area contributed by atoms with Gasteiger partial charge in [-0.1, -0.05) is 36.4 Å². The number of ether oxygens (including phenoxy) is 1. The lowest BCUT2D eigenvalue weighted by Crippen LogP contribution is -2.33. The molecule has 0 saturated carbocycles. The fraction of sp³-hybridized carbons (Fsp3) is 0.100. The number of fused-ring (bicyclic) bond motifs is 1. The van der Waals surface area contributed by atoms with Gasteiger partial charge in [0.2, 0.25) is 0 Å². The Labute approximate surface area is 160 Å². The first-order valence-corrected chi connectivity index (χ1v) is 8.40. The third-order valence-electron chi connectivity index (χ3n) is 4.02. The summed E-state index contributed by atoms with van der Waals surface area (Å²) in [7, 11) is 0. The van der Waals surface area contributed by atoms with Gasteiger partial charge in [0, 0.05) is 23.1 Å². The van der Waals surface area contributed by atoms with E-state index in [2.05, 4.69) is 10.5 Å². The summed E-state index contributed by atoms with van der Waals surface area (Å²) in [6.07, 6.45) is 0.298. The lowest BCUT2D eigenvalue weighted by molar-refractivity contribution is -0.384. The van der Waals surface area contributed by atoms with E-state index in [1.54, 1.807) is 13.0 Å². The zero-order chi connectivity index (χ0) is 20.1. The van der Waals surface area contributed by atoms with E-state index in [9.17, 15) is 20.0 Å². The van der Waals surface area contributed by atoms with Crippen molar-refractivity contribution in [1.82, 2.24) is 5.43 Å². The summed E-state index contributed by atoms with van der Waals surface area (Å²) in [4.78, 5) is 22.4. The van der Waals surface area contributed by atoms with Crippen LogP contribution in [-0.4, -0.2) is 28.3 Å². The molecule has 3 aromatic carbocycles. The van der Waals surface area contributed by atoms with Crippen LogP contribution in [0.3, 0.4) is 0 Å². The van der Waals surface area contributed by atoms with Crippen LogP contribution in [0.25, 0.3) is 10.8 Å². The van der Waals surface area contributed by atoms with Gasteiger partial charge in [0.15, 0.2) is 6.10 Å². The number of phenolic OH excluding ortho intramolecular Hbond substituents is 1. The smallest absolute Gasteiger partial charge is 0.280 e. The first-order chi connectivity index (χ1) is 13.5. The van der Waals surface area contributed by atoms with Crippen molar-refractivity contribution < 1.29 is 19.6 Å². The summed E-state index contributed by atoms with van der Waals surface area (Å²) >= 11 is 0. The minimum atomic E-state index is -0.832. The average Bonchev–Trinajstić information content (AvgIpc) is 2.69. The standard InChI is InChI=1S/C20H17N3O5/c1-13(28-19-8-4-6-14-5-2-3-7-17(14)19)20(25)22-21-12-15-11-16(23(26)27)9-10-18(15)24/h2-13,24H,1H3,(H,22,25)/b21-12-/t13-/m0/s1. The number of benzene rings is 3. The van der Waals surface area contributed by atoms with Crippen LogP contribution in [-0.2, 0) is 4.79 Å². The van der Waals surface area contributed by atoms with Gasteiger partial charge >= 0.3 is 0 Å². The van der Waals surface area contributed by atoms with E-state index in [1.165, 1.54) is 12.1 Å². The Morgan fingerprint density at radius 3 is 2.75 bits per heavy atom. The second kappa shape index (κ2) is 8.17. The van der Waals surface area contributed by atoms with Gasteiger partial charge in [0.1, 0.15) is 11.5 Å². The van der Waals surface area contributed by atoms with Crippen molar-refractivity contribution in [3.8, 4) is 11.5 Å². The first-order valence-electron chi connectivity index (χ1n) is 8.40. The predicted octanol–water partition coefficient (Wildman–Crippen LogP) is 3.37. The number of nitrogens with one attached hydrogen (secondary N) is 1. The molecule has 0 aromatic heterocycles. The molecule has 8 heteroatoms. The number of rotatable bonds is 6. The Morgan fingerprint density at radius 1 is 1.21 bits per heavy atom. The van der Waals surface area contributed by atoms with Crippen LogP contribution in [0.15, 0.2) is 65.8 Å². The number of non-ortho nitro benzene ring substituents is 1. The van der Waals surface area contributed by atoms with Gasteiger partial charge in [-0.25, -0.2) is 5.43 Å². The molecule has 8 nitrogen and oxygen atoms in total. The number of carbonyl (C=O) groups is 1. The highest BCUT2D eigenvalue weighted by molar-refractivity contribution is 5.89. The maximum atomic E-state index is 12.2. The van der Waals surface area contributed by atoms with Crippen molar-refractivity contribution in [3.05, 3.63) is 76.3 Å². The SMILES string of the molecule is C[C@H](Oc1cccc2ccccc12)C(=O)N/N=C\c1cc([N+](=O)[O-])ccc1O. The van der Waals surface area contributed by atoms with Crippen molar-refractivity contribution in [3.63, 3.8) is 0 Å². The van der Waals surface area contributed by atoms with E-state index in [0.29, 0.717) is 5.75 Å². The minimum Gasteiger partial charge on any atom is -0.507 e. The van der Waals surface area contributed by atoms with E-state index in [-0.39, 0.29) is 17.0 Å². The van der Waals surface area contributed by atoms with Crippen LogP contribution in [0.4, 0.5) is 5.69 Å². The second-order valence-corrected chi connectivity index (χ2v) is 5.97. The molecule has 0 fully saturated rings. The molecule has 142 valence electrons. The zero-order valence-corrected chi connectivity index (χ0v) is 14.9. The fourth-order valence-electron chi connectivity index (χ4n) is 2.56. The molecule has 0 aliphatic rings. The van der Waals surface area contributed by atoms with E-state index >= 15 is 0 Å². The highest BCUT2D eigenvalue weighted by Crippen LogP contribution is 2.26. The van der Waals surface area contributed by atoms with Crippen molar-refractivity contribution in [2.24, 2.45) is 5.10 Å². The number of hydrogen-bond donors (Lipinski definition) is 2. The number of hydrogen-bond acceptors (Lipinski definition) is 6. The summed E-state index contributed by atoms with van der Waals surface area (Å²) in [5, 5.41) is 26.1. The number of nitro benzene ring substituents is 1. The van der Waals surface area contributed by atoms with Crippen molar-refractivity contribution >= 4 is 28.6 Å². The number of nitrogens with zero attached hydrogens (tertiary/aromatic N) is 2. The molecule has 3 aromatic rings. The number of amides is 1. The van der Waals surface area contributed by atoms with Gasteiger partial charge in [-0.3, -0.25) is 14.9 Å². The largest absolute Gasteiger partial charge is 0.507 e. The van der Waals surface area contributed by atoms with Crippen LogP contribution in [0.2, 0.25) is 0 Å². The average molecular weight is 379 g/mol. The molecule has 0 saturated heterocycles. The first kappa shape index (κ1) is 18.8. The molecule has 0 heterocycles. The highest BCUT2D eigenvalue weighted by Gasteiger charge is 2.15. The highest BCUT2D eigenvalue weighted by atomic mass is 16.6. The Morgan fingerprint density at radius 2 is 1.96 bits per heavy atom. The van der Waals surface area contributed by atoms with E-state index in [4.69, 9.17) is 4.74 Å². The van der Waals surface area contributed by atoms with E-state index < -0.39 is 16.9 Å². The molecule has 1 amide bonds. The normalized spacial score (nSPS) is 12.0. The van der Waals surface area contributed by atoms with Crippen molar-refractivity contribution in [2.45, 2.75) is 13.0 Å². The summed E-state index contributed by atoms with van der Waals surface area (Å²) in [6.45, 7) is 1.58. The molecule has 3 rings (SSSR count). The molecule has 0 aliphatic carbocycles. The maximum Gasteiger partial charge on any atom is 0.280 e. The van der Waals surface area contributed by atoms with Gasteiger partial charge in [-0.15, -0.1) is 0 Å². The molecule has 0 bridgehead atoms. The van der Waals surface area contributed by atoms with Gasteiger partial charge in [0.25, 0.3) is 11.6 Å². The van der Waals surface area contributed by atoms with Crippen LogP contribution in [0, 0.1) is 10.1 Å². The van der Waals surface area contributed by atoms with Crippen LogP contribution < -0.4 is 10.2 Å². The number of carbonyl (C=O) groups excluding carboxylic acids is 1. The van der Waals surface area contributed by atoms with Gasteiger partial charge in [-0.2, -0.15) is 5.10 Å². The van der Waals surface area contributed by atoms with Crippen molar-refractivity contribution in [2.75, 3.05) is 0 Å². The van der Waals surface area contributed by atoms with Gasteiger partial charge in [-0.05, 0) is 24.4 Å². The summed E-state index contributed by atoms with van der Waals surface area (Å²) < 4.78 is 5.74. The molecule has 0 aliphatic heterocycles. The van der Waals surface area contributed by atoms with Crippen molar-refractivity contribution in [1.29, 1.82) is 0 Å². The Kier molecular flexibility index (Phi) is 5.50. The molecular formula is C20H17N3O5. The lowest BCUT2D eigenvalue weighted by Gasteiger charge is -2.14. The molecule has 28 heavy (non-hydrogen) atoms. The topological polar surface area (TPSA) is 114 Å². The van der Waals surface area contributed by atoms with Crippen LogP contribution >= 0.6 is 0 Å². The fourth-order valence-corrected chi connectivity index (χ4v) is 2.56. The van der Waals surface area contributed by atoms with E-state index in [1.807, 2.05) is 36.4 Å². The third kappa shape index (κ3) is 4.24. The molecule has 0 spiro atoms. The lowest BCUT2D eigenvalue weighted by atomic mass is 10.1. The van der Waals surface area contributed by atoms with Crippen LogP contribution in [0.5, 0.6) is 11.5 Å². The predicted molar refractivity (Wildman–Crippen MR) is 105 cm³/mol. The Bertz CT molecular complexity index is 1060. The molecule has 2 N–H and O–H groups in total. The second-order valence-electron chi connectivity index (χ2n) is 5.97. The monoisotopic (exact) mass is 379 g/mol. The molecule has 0 radical (unpaired) electrons. The molecule has 1 atom stereocenters. The number of phenols is 1. The van der Waals surface area contributed by atoms with Gasteiger partial charge < -0.3 is 9.84 Å². The van der Waals surface area contributed by atoms with E-state index in [0.717, 1.165) is 23.1 Å². The summed E-state index contributed by atoms with van der Waals surface area (Å²) in [5.41, 5.74) is 2.21. The zero-order valence-electron chi connectivity index (χ0n) is 14.9. The quantitative estimate of drug-likeness (QED) is 0.387. The maximum absolute atomic E-state index is 12.2. The number of hydrazone groups is 1. The Balaban J connectivity index is 1.67. The molecular weight excluding hydrogens is 362 g/mol. The molecule has 0 unspecified atom stereocenters. The summed E-state index contributed by atoms with van der Waals surface area (Å²) in [5.74, 6) is -0.126. The summed E-state index contributed by atoms with van der Waals surface area (Å²) in [6, 6.07) is 16.7.